The van der Waals surface area contributed by atoms with Gasteiger partial charge in [-0.05, 0) is 35.4 Å². The van der Waals surface area contributed by atoms with E-state index in [2.05, 4.69) is 52.3 Å². The van der Waals surface area contributed by atoms with E-state index in [1.165, 1.54) is 16.0 Å². The van der Waals surface area contributed by atoms with E-state index in [1.54, 1.807) is 0 Å². The Morgan fingerprint density at radius 2 is 2.00 bits per heavy atom. The normalized spacial score (nSPS) is 13.1. The quantitative estimate of drug-likeness (QED) is 0.526. The predicted molar refractivity (Wildman–Crippen MR) is 88.9 cm³/mol. The van der Waals surface area contributed by atoms with E-state index in [4.69, 9.17) is 16.3 Å². The number of hydrogen-bond donors (Lipinski definition) is 0. The van der Waals surface area contributed by atoms with Crippen LogP contribution in [0.15, 0.2) is 45.8 Å². The molecule has 1 aliphatic rings. The van der Waals surface area contributed by atoms with Gasteiger partial charge in [-0.15, -0.1) is 23.4 Å². The topological polar surface area (TPSA) is 9.23 Å². The highest BCUT2D eigenvalue weighted by Crippen LogP contribution is 2.36. The van der Waals surface area contributed by atoms with Gasteiger partial charge in [0.25, 0.3) is 0 Å². The molecule has 0 radical (unpaired) electrons. The molecular formula is C16H14BrClOS. The summed E-state index contributed by atoms with van der Waals surface area (Å²) in [4.78, 5) is 1.26. The van der Waals surface area contributed by atoms with Gasteiger partial charge in [-0.3, -0.25) is 0 Å². The third kappa shape index (κ3) is 3.16. The van der Waals surface area contributed by atoms with Crippen LogP contribution in [0, 0.1) is 0 Å². The first kappa shape index (κ1) is 14.3. The van der Waals surface area contributed by atoms with Gasteiger partial charge in [-0.1, -0.05) is 28.1 Å². The van der Waals surface area contributed by atoms with Gasteiger partial charge in [-0.25, -0.2) is 0 Å². The third-order valence-electron chi connectivity index (χ3n) is 3.30. The number of alkyl halides is 1. The lowest BCUT2D eigenvalue weighted by Crippen LogP contribution is -1.91. The van der Waals surface area contributed by atoms with Crippen LogP contribution in [-0.4, -0.2) is 6.61 Å². The van der Waals surface area contributed by atoms with E-state index in [1.807, 2.05) is 11.8 Å². The van der Waals surface area contributed by atoms with Crippen molar-refractivity contribution < 1.29 is 4.74 Å². The van der Waals surface area contributed by atoms with Crippen LogP contribution in [0.2, 0.25) is 0 Å². The molecule has 4 heteroatoms. The van der Waals surface area contributed by atoms with Crippen LogP contribution < -0.4 is 4.74 Å². The second-order valence-electron chi connectivity index (χ2n) is 4.72. The molecule has 1 heterocycles. The van der Waals surface area contributed by atoms with Gasteiger partial charge in [0.15, 0.2) is 0 Å². The van der Waals surface area contributed by atoms with Crippen LogP contribution in [0.5, 0.6) is 5.75 Å². The molecule has 0 aliphatic carbocycles. The molecule has 0 fully saturated rings. The smallest absolute Gasteiger partial charge is 0.126 e. The van der Waals surface area contributed by atoms with Gasteiger partial charge >= 0.3 is 0 Å². The zero-order valence-electron chi connectivity index (χ0n) is 10.9. The third-order valence-corrected chi connectivity index (χ3v) is 5.12. The van der Waals surface area contributed by atoms with Gasteiger partial charge in [0.05, 0.1) is 6.61 Å². The monoisotopic (exact) mass is 368 g/mol. The van der Waals surface area contributed by atoms with E-state index in [9.17, 15) is 0 Å². The Hall–Kier alpha value is -0.640. The molecule has 1 nitrogen and oxygen atoms in total. The van der Waals surface area contributed by atoms with Crippen molar-refractivity contribution in [1.29, 1.82) is 0 Å². The van der Waals surface area contributed by atoms with Crippen LogP contribution in [-0.2, 0) is 18.1 Å². The number of fused-ring (bicyclic) bond motifs is 1. The van der Waals surface area contributed by atoms with Crippen molar-refractivity contribution in [3.63, 3.8) is 0 Å². The Labute approximate surface area is 136 Å². The lowest BCUT2D eigenvalue weighted by molar-refractivity contribution is 0.354. The van der Waals surface area contributed by atoms with E-state index in [-0.39, 0.29) is 0 Å². The first-order valence-electron chi connectivity index (χ1n) is 6.48. The Balaban J connectivity index is 1.75. The molecule has 0 saturated heterocycles. The van der Waals surface area contributed by atoms with Crippen LogP contribution in [0.3, 0.4) is 0 Å². The average Bonchev–Trinajstić information content (AvgIpc) is 2.93. The molecule has 0 amide bonds. The predicted octanol–water partition coefficient (Wildman–Crippen LogP) is 5.42. The second kappa shape index (κ2) is 6.42. The van der Waals surface area contributed by atoms with Gasteiger partial charge in [0.2, 0.25) is 0 Å². The number of ether oxygens (including phenoxy) is 1. The fourth-order valence-corrected chi connectivity index (χ4v) is 3.89. The minimum atomic E-state index is 0.567. The highest BCUT2D eigenvalue weighted by molar-refractivity contribution is 9.10. The second-order valence-corrected chi connectivity index (χ2v) is 6.95. The Morgan fingerprint density at radius 3 is 2.75 bits per heavy atom. The van der Waals surface area contributed by atoms with Crippen molar-refractivity contribution >= 4 is 39.3 Å². The van der Waals surface area contributed by atoms with Gasteiger partial charge in [0.1, 0.15) is 5.75 Å². The van der Waals surface area contributed by atoms with Gasteiger partial charge < -0.3 is 4.74 Å². The van der Waals surface area contributed by atoms with E-state index < -0.39 is 0 Å². The summed E-state index contributed by atoms with van der Waals surface area (Å²) < 4.78 is 6.89. The first-order chi connectivity index (χ1) is 9.76. The average molecular weight is 370 g/mol. The van der Waals surface area contributed by atoms with Gasteiger partial charge in [0, 0.05) is 33.0 Å². The molecule has 0 N–H and O–H groups in total. The fourth-order valence-electron chi connectivity index (χ4n) is 2.29. The summed E-state index contributed by atoms with van der Waals surface area (Å²) in [6.07, 6.45) is 1.01. The Bertz CT molecular complexity index is 613. The van der Waals surface area contributed by atoms with Crippen molar-refractivity contribution in [1.82, 2.24) is 0 Å². The summed E-state index contributed by atoms with van der Waals surface area (Å²) in [6, 6.07) is 12.7. The molecular weight excluding hydrogens is 356 g/mol. The number of halogens is 2. The number of benzene rings is 2. The highest BCUT2D eigenvalue weighted by Gasteiger charge is 2.17. The van der Waals surface area contributed by atoms with E-state index in [0.29, 0.717) is 5.88 Å². The molecule has 1 aliphatic heterocycles. The molecule has 3 rings (SSSR count). The standard InChI is InChI=1S/C16H14BrClOS/c17-14-7-12-5-6-19-16(12)13(8-14)10-20-15-3-1-11(9-18)2-4-15/h1-4,7-8H,5-6,9-10H2. The van der Waals surface area contributed by atoms with Crippen LogP contribution >= 0.6 is 39.3 Å². The molecule has 20 heavy (non-hydrogen) atoms. The molecule has 2 aromatic carbocycles. The van der Waals surface area contributed by atoms with Gasteiger partial charge in [-0.2, -0.15) is 0 Å². The zero-order valence-corrected chi connectivity index (χ0v) is 14.0. The Kier molecular flexibility index (Phi) is 4.59. The van der Waals surface area contributed by atoms with Crippen molar-refractivity contribution in [3.8, 4) is 5.75 Å². The lowest BCUT2D eigenvalue weighted by atomic mass is 10.1. The van der Waals surface area contributed by atoms with Crippen LogP contribution in [0.25, 0.3) is 0 Å². The number of rotatable bonds is 4. The summed E-state index contributed by atoms with van der Waals surface area (Å²) in [7, 11) is 0. The van der Waals surface area contributed by atoms with Crippen LogP contribution in [0.1, 0.15) is 16.7 Å². The maximum Gasteiger partial charge on any atom is 0.126 e. The SMILES string of the molecule is ClCc1ccc(SCc2cc(Br)cc3c2OCC3)cc1. The lowest BCUT2D eigenvalue weighted by Gasteiger charge is -2.09. The zero-order chi connectivity index (χ0) is 13.9. The summed E-state index contributed by atoms with van der Waals surface area (Å²) in [5.41, 5.74) is 3.73. The number of thioether (sulfide) groups is 1. The van der Waals surface area contributed by atoms with Crippen molar-refractivity contribution in [2.75, 3.05) is 6.61 Å². The van der Waals surface area contributed by atoms with E-state index in [0.717, 1.165) is 34.6 Å². The largest absolute Gasteiger partial charge is 0.493 e. The van der Waals surface area contributed by atoms with Crippen molar-refractivity contribution in [2.24, 2.45) is 0 Å². The molecule has 0 unspecified atom stereocenters. The maximum atomic E-state index is 5.81. The van der Waals surface area contributed by atoms with Crippen molar-refractivity contribution in [2.45, 2.75) is 22.9 Å². The summed E-state index contributed by atoms with van der Waals surface area (Å²) in [5.74, 6) is 2.57. The first-order valence-corrected chi connectivity index (χ1v) is 8.79. The fraction of sp³-hybridized carbons (Fsp3) is 0.250. The molecule has 104 valence electrons. The number of hydrogen-bond acceptors (Lipinski definition) is 2. The summed E-state index contributed by atoms with van der Waals surface area (Å²) in [6.45, 7) is 0.799. The minimum absolute atomic E-state index is 0.567. The maximum absolute atomic E-state index is 5.81. The van der Waals surface area contributed by atoms with E-state index >= 15 is 0 Å². The summed E-state index contributed by atoms with van der Waals surface area (Å²) >= 11 is 11.2. The summed E-state index contributed by atoms with van der Waals surface area (Å²) in [5, 5.41) is 0. The molecule has 2 aromatic rings. The minimum Gasteiger partial charge on any atom is -0.493 e. The molecule has 0 aromatic heterocycles. The molecule has 0 saturated carbocycles. The molecule has 0 atom stereocenters. The van der Waals surface area contributed by atoms with Crippen molar-refractivity contribution in [3.05, 3.63) is 57.6 Å². The highest BCUT2D eigenvalue weighted by atomic mass is 79.9. The molecule has 0 spiro atoms. The Morgan fingerprint density at radius 1 is 1.20 bits per heavy atom. The van der Waals surface area contributed by atoms with Crippen LogP contribution in [0.4, 0.5) is 0 Å². The molecule has 0 bridgehead atoms.